The zero-order valence-electron chi connectivity index (χ0n) is 15.6. The van der Waals surface area contributed by atoms with Crippen LogP contribution in [0.2, 0.25) is 0 Å². The zero-order chi connectivity index (χ0) is 19.1. The largest absolute Gasteiger partial charge is 0.460 e. The van der Waals surface area contributed by atoms with Gasteiger partial charge in [0.2, 0.25) is 5.96 Å². The van der Waals surface area contributed by atoms with E-state index in [-0.39, 0.29) is 5.96 Å². The summed E-state index contributed by atoms with van der Waals surface area (Å²) in [4.78, 5) is 10.0. The molecule has 2 aromatic rings. The van der Waals surface area contributed by atoms with Crippen LogP contribution in [0.3, 0.4) is 0 Å². The summed E-state index contributed by atoms with van der Waals surface area (Å²) in [6.45, 7) is 12.1. The van der Waals surface area contributed by atoms with Gasteiger partial charge < -0.3 is 20.6 Å². The zero-order valence-corrected chi connectivity index (χ0v) is 15.6. The number of hydrogen-bond acceptors (Lipinski definition) is 5. The van der Waals surface area contributed by atoms with Gasteiger partial charge in [-0.3, -0.25) is 4.90 Å². The molecule has 0 amide bonds. The number of hydrogen-bond donors (Lipinski definition) is 3. The Balaban J connectivity index is 2.10. The summed E-state index contributed by atoms with van der Waals surface area (Å²) in [6, 6.07) is 9.20. The Kier molecular flexibility index (Phi) is 6.94. The quantitative estimate of drug-likeness (QED) is 0.383. The highest BCUT2D eigenvalue weighted by atomic mass is 16.4. The van der Waals surface area contributed by atoms with E-state index >= 15 is 0 Å². The first-order chi connectivity index (χ1) is 12.5. The van der Waals surface area contributed by atoms with Crippen LogP contribution in [0.25, 0.3) is 0 Å². The first-order valence-corrected chi connectivity index (χ1v) is 8.63. The van der Waals surface area contributed by atoms with Crippen LogP contribution < -0.4 is 11.1 Å². The van der Waals surface area contributed by atoms with Crippen LogP contribution in [0.1, 0.15) is 37.2 Å². The second-order valence-electron chi connectivity index (χ2n) is 5.94. The van der Waals surface area contributed by atoms with Gasteiger partial charge in [0.1, 0.15) is 5.76 Å². The van der Waals surface area contributed by atoms with Gasteiger partial charge in [-0.25, -0.2) is 9.98 Å². The first-order valence-electron chi connectivity index (χ1n) is 8.63. The van der Waals surface area contributed by atoms with E-state index in [1.165, 1.54) is 0 Å². The molecule has 0 saturated carbocycles. The van der Waals surface area contributed by atoms with Gasteiger partial charge in [-0.05, 0) is 56.6 Å². The molecule has 1 heterocycles. The van der Waals surface area contributed by atoms with Crippen LogP contribution in [0.15, 0.2) is 44.7 Å². The minimum Gasteiger partial charge on any atom is -0.460 e. The fraction of sp³-hybridized carbons (Fsp3) is 0.368. The number of benzene rings is 1. The predicted molar refractivity (Wildman–Crippen MR) is 106 cm³/mol. The molecule has 1 unspecified atom stereocenters. The van der Waals surface area contributed by atoms with Gasteiger partial charge in [-0.15, -0.1) is 0 Å². The van der Waals surface area contributed by atoms with Crippen molar-refractivity contribution >= 4 is 24.1 Å². The van der Waals surface area contributed by atoms with E-state index < -0.39 is 6.23 Å². The summed E-state index contributed by atoms with van der Waals surface area (Å²) in [5.74, 6) is 1.38. The molecule has 7 heteroatoms. The molecule has 0 aliphatic rings. The maximum Gasteiger partial charge on any atom is 0.219 e. The van der Waals surface area contributed by atoms with Crippen molar-refractivity contribution in [2.75, 3.05) is 18.4 Å². The van der Waals surface area contributed by atoms with Crippen molar-refractivity contribution in [3.63, 3.8) is 0 Å². The Hall–Kier alpha value is -2.64. The normalized spacial score (nSPS) is 13.0. The molecule has 0 saturated heterocycles. The summed E-state index contributed by atoms with van der Waals surface area (Å²) in [6.07, 6.45) is -0.963. The van der Waals surface area contributed by atoms with E-state index in [1.807, 2.05) is 25.1 Å². The summed E-state index contributed by atoms with van der Waals surface area (Å²) >= 11 is 0. The van der Waals surface area contributed by atoms with Crippen molar-refractivity contribution in [2.24, 2.45) is 15.7 Å². The van der Waals surface area contributed by atoms with Crippen LogP contribution in [0.5, 0.6) is 0 Å². The number of rotatable bonds is 8. The lowest BCUT2D eigenvalue weighted by Gasteiger charge is -2.16. The fourth-order valence-electron chi connectivity index (χ4n) is 2.50. The van der Waals surface area contributed by atoms with Crippen LogP contribution in [-0.4, -0.2) is 35.8 Å². The molecule has 0 aliphatic heterocycles. The number of anilines is 1. The number of nitrogens with one attached hydrogen (secondary N) is 1. The first kappa shape index (κ1) is 19.7. The Bertz CT molecular complexity index is 765. The summed E-state index contributed by atoms with van der Waals surface area (Å²) < 4.78 is 5.76. The molecular formula is C19H27N5O2. The molecule has 2 rings (SSSR count). The van der Waals surface area contributed by atoms with Gasteiger partial charge in [0.05, 0.1) is 12.2 Å². The lowest BCUT2D eigenvalue weighted by Crippen LogP contribution is -2.21. The van der Waals surface area contributed by atoms with Crippen molar-refractivity contribution in [1.82, 2.24) is 4.90 Å². The lowest BCUT2D eigenvalue weighted by atomic mass is 10.2. The van der Waals surface area contributed by atoms with E-state index in [2.05, 4.69) is 40.8 Å². The van der Waals surface area contributed by atoms with E-state index in [9.17, 15) is 5.11 Å². The second kappa shape index (κ2) is 9.17. The number of aliphatic imine (C=N–C) groups is 2. The standard InChI is InChI=1S/C19H27N5O2/c1-5-24(6-2)12-15-9-10-17(26-15)18(25)22-14-8-7-13(3)16(11-14)23-19(20)21-4/h7-11,18,22,25H,4-6,12H2,1-3H3,(H2,20,23). The van der Waals surface area contributed by atoms with Gasteiger partial charge in [-0.1, -0.05) is 19.9 Å². The van der Waals surface area contributed by atoms with Gasteiger partial charge in [-0.2, -0.15) is 0 Å². The molecular weight excluding hydrogens is 330 g/mol. The molecule has 0 bridgehead atoms. The Morgan fingerprint density at radius 1 is 1.31 bits per heavy atom. The van der Waals surface area contributed by atoms with Gasteiger partial charge in [0.15, 0.2) is 12.0 Å². The SMILES string of the molecule is C=NC(N)=Nc1cc(NC(O)c2ccc(CN(CC)CC)o2)ccc1C. The highest BCUT2D eigenvalue weighted by Gasteiger charge is 2.14. The molecule has 0 spiro atoms. The molecule has 0 aliphatic carbocycles. The molecule has 7 nitrogen and oxygen atoms in total. The summed E-state index contributed by atoms with van der Waals surface area (Å²) in [7, 11) is 0. The smallest absolute Gasteiger partial charge is 0.219 e. The van der Waals surface area contributed by atoms with Crippen molar-refractivity contribution in [3.05, 3.63) is 47.4 Å². The highest BCUT2D eigenvalue weighted by molar-refractivity contribution is 5.85. The Labute approximate surface area is 154 Å². The molecule has 1 aromatic carbocycles. The number of aliphatic hydroxyl groups excluding tert-OH is 1. The van der Waals surface area contributed by atoms with Crippen molar-refractivity contribution < 1.29 is 9.52 Å². The number of furan rings is 1. The number of aliphatic hydroxyl groups is 1. The third-order valence-corrected chi connectivity index (χ3v) is 4.14. The van der Waals surface area contributed by atoms with E-state index in [1.54, 1.807) is 12.1 Å². The Morgan fingerprint density at radius 3 is 2.69 bits per heavy atom. The third-order valence-electron chi connectivity index (χ3n) is 4.14. The highest BCUT2D eigenvalue weighted by Crippen LogP contribution is 2.26. The maximum atomic E-state index is 10.4. The number of nitrogens with two attached hydrogens (primary N) is 1. The topological polar surface area (TPSA) is 99.4 Å². The van der Waals surface area contributed by atoms with Gasteiger partial charge in [0, 0.05) is 5.69 Å². The summed E-state index contributed by atoms with van der Waals surface area (Å²) in [5.41, 5.74) is 7.91. The van der Waals surface area contributed by atoms with Crippen molar-refractivity contribution in [3.8, 4) is 0 Å². The van der Waals surface area contributed by atoms with E-state index in [4.69, 9.17) is 10.2 Å². The van der Waals surface area contributed by atoms with Gasteiger partial charge >= 0.3 is 0 Å². The molecule has 4 N–H and O–H groups in total. The maximum absolute atomic E-state index is 10.4. The fourth-order valence-corrected chi connectivity index (χ4v) is 2.50. The second-order valence-corrected chi connectivity index (χ2v) is 5.94. The van der Waals surface area contributed by atoms with Crippen LogP contribution >= 0.6 is 0 Å². The summed E-state index contributed by atoms with van der Waals surface area (Å²) in [5, 5.41) is 13.4. The minimum atomic E-state index is -0.963. The molecule has 1 aromatic heterocycles. The van der Waals surface area contributed by atoms with E-state index in [0.29, 0.717) is 17.1 Å². The van der Waals surface area contributed by atoms with Crippen LogP contribution in [-0.2, 0) is 6.54 Å². The monoisotopic (exact) mass is 357 g/mol. The molecule has 140 valence electrons. The van der Waals surface area contributed by atoms with Crippen LogP contribution in [0, 0.1) is 6.92 Å². The van der Waals surface area contributed by atoms with Crippen LogP contribution in [0.4, 0.5) is 11.4 Å². The molecule has 1 atom stereocenters. The average Bonchev–Trinajstić information content (AvgIpc) is 3.11. The number of aryl methyl sites for hydroxylation is 1. The van der Waals surface area contributed by atoms with Crippen molar-refractivity contribution in [2.45, 2.75) is 33.5 Å². The average molecular weight is 357 g/mol. The Morgan fingerprint density at radius 2 is 2.04 bits per heavy atom. The lowest BCUT2D eigenvalue weighted by molar-refractivity contribution is 0.170. The number of nitrogens with zero attached hydrogens (tertiary/aromatic N) is 3. The van der Waals surface area contributed by atoms with Gasteiger partial charge in [0.25, 0.3) is 0 Å². The molecule has 0 fully saturated rings. The molecule has 0 radical (unpaired) electrons. The van der Waals surface area contributed by atoms with Crippen molar-refractivity contribution in [1.29, 1.82) is 0 Å². The minimum absolute atomic E-state index is 0.0953. The predicted octanol–water partition coefficient (Wildman–Crippen LogP) is 3.18. The van der Waals surface area contributed by atoms with E-state index in [0.717, 1.165) is 31.0 Å². The third kappa shape index (κ3) is 5.18. The number of guanidine groups is 1. The molecule has 26 heavy (non-hydrogen) atoms.